The van der Waals surface area contributed by atoms with E-state index in [9.17, 15) is 9.59 Å². The molecule has 2 amide bonds. The molecule has 1 aromatic heterocycles. The highest BCUT2D eigenvalue weighted by Crippen LogP contribution is 2.25. The van der Waals surface area contributed by atoms with E-state index in [2.05, 4.69) is 27.4 Å². The van der Waals surface area contributed by atoms with Gasteiger partial charge >= 0.3 is 0 Å². The Balaban J connectivity index is 1.46. The van der Waals surface area contributed by atoms with Crippen molar-refractivity contribution in [1.82, 2.24) is 10.3 Å². The molecular formula is C24H28N4O2. The highest BCUT2D eigenvalue weighted by molar-refractivity contribution is 5.97. The zero-order chi connectivity index (χ0) is 21.1. The Labute approximate surface area is 176 Å². The minimum Gasteiger partial charge on any atom is -0.371 e. The summed E-state index contributed by atoms with van der Waals surface area (Å²) in [6.07, 6.45) is 3.53. The summed E-state index contributed by atoms with van der Waals surface area (Å²) in [7, 11) is 0. The average molecular weight is 405 g/mol. The maximum atomic E-state index is 12.9. The van der Waals surface area contributed by atoms with Crippen molar-refractivity contribution >= 4 is 34.1 Å². The monoisotopic (exact) mass is 404 g/mol. The van der Waals surface area contributed by atoms with Crippen LogP contribution in [-0.2, 0) is 16.0 Å². The number of rotatable bonds is 6. The Hall–Kier alpha value is -3.28. The maximum absolute atomic E-state index is 12.9. The number of carbonyl (C=O) groups is 2. The van der Waals surface area contributed by atoms with Crippen molar-refractivity contribution in [2.45, 2.75) is 32.7 Å². The summed E-state index contributed by atoms with van der Waals surface area (Å²) in [6.45, 7) is 5.84. The summed E-state index contributed by atoms with van der Waals surface area (Å²) >= 11 is 0. The number of benzene rings is 2. The molecule has 0 aliphatic carbocycles. The fraction of sp³-hybridized carbons (Fsp3) is 0.333. The minimum absolute atomic E-state index is 0.224. The first-order valence-electron chi connectivity index (χ1n) is 10.5. The molecule has 3 N–H and O–H groups in total. The van der Waals surface area contributed by atoms with Crippen LogP contribution in [0.3, 0.4) is 0 Å². The smallest absolute Gasteiger partial charge is 0.247 e. The van der Waals surface area contributed by atoms with Gasteiger partial charge in [0.05, 0.1) is 0 Å². The largest absolute Gasteiger partial charge is 0.371 e. The lowest BCUT2D eigenvalue weighted by Crippen LogP contribution is -2.44. The lowest BCUT2D eigenvalue weighted by molar-refractivity contribution is -0.125. The van der Waals surface area contributed by atoms with Gasteiger partial charge < -0.3 is 20.5 Å². The van der Waals surface area contributed by atoms with Crippen molar-refractivity contribution in [2.24, 2.45) is 5.92 Å². The Kier molecular flexibility index (Phi) is 5.74. The number of aromatic amines is 1. The molecule has 4 rings (SSSR count). The van der Waals surface area contributed by atoms with Gasteiger partial charge in [0.15, 0.2) is 0 Å². The Morgan fingerprint density at radius 1 is 1.17 bits per heavy atom. The van der Waals surface area contributed by atoms with Crippen molar-refractivity contribution < 1.29 is 9.59 Å². The van der Waals surface area contributed by atoms with Gasteiger partial charge in [-0.3, -0.25) is 9.59 Å². The van der Waals surface area contributed by atoms with Gasteiger partial charge in [0.1, 0.15) is 6.04 Å². The van der Waals surface area contributed by atoms with Gasteiger partial charge in [0.2, 0.25) is 11.8 Å². The highest BCUT2D eigenvalue weighted by Gasteiger charge is 2.22. The zero-order valence-electron chi connectivity index (χ0n) is 17.4. The van der Waals surface area contributed by atoms with Crippen LogP contribution in [-0.4, -0.2) is 35.9 Å². The molecule has 156 valence electrons. The third kappa shape index (κ3) is 4.48. The van der Waals surface area contributed by atoms with Crippen LogP contribution >= 0.6 is 0 Å². The van der Waals surface area contributed by atoms with Gasteiger partial charge in [-0.1, -0.05) is 25.1 Å². The molecule has 6 heteroatoms. The van der Waals surface area contributed by atoms with E-state index in [-0.39, 0.29) is 11.8 Å². The molecule has 2 atom stereocenters. The van der Waals surface area contributed by atoms with E-state index in [1.54, 1.807) is 0 Å². The molecule has 0 radical (unpaired) electrons. The molecule has 2 unspecified atom stereocenters. The number of hydrogen-bond acceptors (Lipinski definition) is 3. The fourth-order valence-electron chi connectivity index (χ4n) is 4.13. The first-order valence-corrected chi connectivity index (χ1v) is 10.5. The van der Waals surface area contributed by atoms with Gasteiger partial charge in [-0.15, -0.1) is 0 Å². The number of carbonyl (C=O) groups excluding carboxylic acids is 2. The minimum atomic E-state index is -0.652. The fourth-order valence-corrected chi connectivity index (χ4v) is 4.13. The van der Waals surface area contributed by atoms with E-state index >= 15 is 0 Å². The number of nitrogens with zero attached hydrogens (tertiary/aromatic N) is 1. The second-order valence-electron chi connectivity index (χ2n) is 8.19. The maximum Gasteiger partial charge on any atom is 0.247 e. The van der Waals surface area contributed by atoms with Crippen LogP contribution in [0.4, 0.5) is 11.4 Å². The van der Waals surface area contributed by atoms with Crippen LogP contribution in [0.25, 0.3) is 10.9 Å². The van der Waals surface area contributed by atoms with E-state index in [0.29, 0.717) is 12.3 Å². The zero-order valence-corrected chi connectivity index (χ0v) is 17.4. The molecule has 1 saturated heterocycles. The Morgan fingerprint density at radius 3 is 2.63 bits per heavy atom. The summed E-state index contributed by atoms with van der Waals surface area (Å²) < 4.78 is 0. The molecule has 0 bridgehead atoms. The summed E-state index contributed by atoms with van der Waals surface area (Å²) in [5.41, 5.74) is 3.92. The second kappa shape index (κ2) is 8.61. The van der Waals surface area contributed by atoms with E-state index in [1.807, 2.05) is 54.7 Å². The van der Waals surface area contributed by atoms with Crippen molar-refractivity contribution in [3.63, 3.8) is 0 Å². The van der Waals surface area contributed by atoms with Crippen LogP contribution < -0.4 is 15.5 Å². The van der Waals surface area contributed by atoms with E-state index < -0.39 is 6.04 Å². The molecule has 3 aromatic rings. The van der Waals surface area contributed by atoms with Crippen molar-refractivity contribution in [3.05, 3.63) is 60.3 Å². The molecule has 1 aliphatic rings. The third-order valence-corrected chi connectivity index (χ3v) is 5.72. The number of amides is 2. The van der Waals surface area contributed by atoms with Crippen LogP contribution in [0.1, 0.15) is 25.8 Å². The van der Waals surface area contributed by atoms with Gasteiger partial charge in [-0.2, -0.15) is 0 Å². The quantitative estimate of drug-likeness (QED) is 0.586. The lowest BCUT2D eigenvalue weighted by Gasteiger charge is -2.20. The molecule has 30 heavy (non-hydrogen) atoms. The molecule has 2 heterocycles. The number of fused-ring (bicyclic) bond motifs is 1. The normalized spacial score (nSPS) is 17.1. The third-order valence-electron chi connectivity index (χ3n) is 5.72. The molecule has 0 spiro atoms. The number of hydrogen-bond donors (Lipinski definition) is 3. The van der Waals surface area contributed by atoms with E-state index in [1.165, 1.54) is 19.0 Å². The second-order valence-corrected chi connectivity index (χ2v) is 8.19. The van der Waals surface area contributed by atoms with Crippen molar-refractivity contribution in [3.8, 4) is 0 Å². The van der Waals surface area contributed by atoms with Gasteiger partial charge in [-0.25, -0.2) is 0 Å². The van der Waals surface area contributed by atoms with Gasteiger partial charge in [0.25, 0.3) is 0 Å². The Bertz CT molecular complexity index is 1040. The van der Waals surface area contributed by atoms with Crippen molar-refractivity contribution in [2.75, 3.05) is 23.3 Å². The molecule has 2 aromatic carbocycles. The SMILES string of the molecule is CC(=O)NC(Cc1c[nH]c2ccccc12)C(=O)Nc1ccc(N2CCC(C)C2)cc1. The van der Waals surface area contributed by atoms with Crippen molar-refractivity contribution in [1.29, 1.82) is 0 Å². The first-order chi connectivity index (χ1) is 14.5. The molecule has 1 aliphatic heterocycles. The highest BCUT2D eigenvalue weighted by atomic mass is 16.2. The number of nitrogens with one attached hydrogen (secondary N) is 3. The topological polar surface area (TPSA) is 77.2 Å². The number of H-pyrrole nitrogens is 1. The van der Waals surface area contributed by atoms with Crippen LogP contribution in [0.5, 0.6) is 0 Å². The molecular weight excluding hydrogens is 376 g/mol. The number of anilines is 2. The van der Waals surface area contributed by atoms with E-state index in [4.69, 9.17) is 0 Å². The number of para-hydroxylation sites is 1. The van der Waals surface area contributed by atoms with Crippen LogP contribution in [0.15, 0.2) is 54.7 Å². The summed E-state index contributed by atoms with van der Waals surface area (Å²) in [5.74, 6) is 0.263. The predicted molar refractivity (Wildman–Crippen MR) is 121 cm³/mol. The van der Waals surface area contributed by atoms with Crippen LogP contribution in [0.2, 0.25) is 0 Å². The summed E-state index contributed by atoms with van der Waals surface area (Å²) in [5, 5.41) is 6.80. The number of aromatic nitrogens is 1. The van der Waals surface area contributed by atoms with Crippen LogP contribution in [0, 0.1) is 5.92 Å². The lowest BCUT2D eigenvalue weighted by atomic mass is 10.0. The molecule has 0 saturated carbocycles. The summed E-state index contributed by atoms with van der Waals surface area (Å²) in [4.78, 5) is 30.3. The van der Waals surface area contributed by atoms with E-state index in [0.717, 1.165) is 35.2 Å². The first kappa shape index (κ1) is 20.0. The molecule has 1 fully saturated rings. The predicted octanol–water partition coefficient (Wildman–Crippen LogP) is 3.70. The Morgan fingerprint density at radius 2 is 1.93 bits per heavy atom. The summed E-state index contributed by atoms with van der Waals surface area (Å²) in [6, 6.07) is 15.2. The molecule has 6 nitrogen and oxygen atoms in total. The van der Waals surface area contributed by atoms with Gasteiger partial charge in [0, 0.05) is 54.9 Å². The standard InChI is InChI=1S/C24H28N4O2/c1-16-11-12-28(15-16)20-9-7-19(8-10-20)27-24(30)23(26-17(2)29)13-18-14-25-22-6-4-3-5-21(18)22/h3-10,14,16,23,25H,11-13,15H2,1-2H3,(H,26,29)(H,27,30). The average Bonchev–Trinajstić information content (AvgIpc) is 3.34. The van der Waals surface area contributed by atoms with Gasteiger partial charge in [-0.05, 0) is 48.2 Å².